The van der Waals surface area contributed by atoms with Gasteiger partial charge in [-0.05, 0) is 35.6 Å². The number of aromatic amines is 1. The fourth-order valence-corrected chi connectivity index (χ4v) is 3.62. The van der Waals surface area contributed by atoms with Gasteiger partial charge in [-0.15, -0.1) is 0 Å². The summed E-state index contributed by atoms with van der Waals surface area (Å²) in [5, 5.41) is 11.6. The molecule has 3 aromatic rings. The molecule has 1 heterocycles. The van der Waals surface area contributed by atoms with Crippen molar-refractivity contribution in [1.82, 2.24) is 4.98 Å². The maximum absolute atomic E-state index is 14.2. The molecule has 0 saturated heterocycles. The van der Waals surface area contributed by atoms with Crippen LogP contribution in [0, 0.1) is 5.82 Å². The summed E-state index contributed by atoms with van der Waals surface area (Å²) in [4.78, 5) is 3.00. The summed E-state index contributed by atoms with van der Waals surface area (Å²) in [6.45, 7) is 0.277. The quantitative estimate of drug-likeness (QED) is 0.547. The summed E-state index contributed by atoms with van der Waals surface area (Å²) in [5.74, 6) is -0.681. The molecule has 2 aromatic carbocycles. The van der Waals surface area contributed by atoms with Crippen molar-refractivity contribution in [2.45, 2.75) is 37.2 Å². The predicted molar refractivity (Wildman–Crippen MR) is 97.3 cm³/mol. The van der Waals surface area contributed by atoms with Crippen molar-refractivity contribution >= 4 is 10.9 Å². The monoisotopic (exact) mass is 379 g/mol. The summed E-state index contributed by atoms with van der Waals surface area (Å²) < 4.78 is 55.7. The molecule has 1 aromatic heterocycles. The average molecular weight is 379 g/mol. The van der Waals surface area contributed by atoms with Crippen molar-refractivity contribution in [3.05, 3.63) is 71.7 Å². The van der Waals surface area contributed by atoms with Crippen LogP contribution in [0.3, 0.4) is 0 Å². The molecule has 2 N–H and O–H groups in total. The molecule has 27 heavy (non-hydrogen) atoms. The van der Waals surface area contributed by atoms with Gasteiger partial charge in [-0.2, -0.15) is 0 Å². The van der Waals surface area contributed by atoms with Gasteiger partial charge in [0.15, 0.2) is 0 Å². The van der Waals surface area contributed by atoms with Crippen LogP contribution in [0.4, 0.5) is 17.6 Å². The second kappa shape index (κ2) is 7.35. The van der Waals surface area contributed by atoms with Crippen molar-refractivity contribution in [3.63, 3.8) is 0 Å². The van der Waals surface area contributed by atoms with Crippen LogP contribution in [0.2, 0.25) is 0 Å². The first kappa shape index (κ1) is 19.4. The Balaban J connectivity index is 1.94. The Morgan fingerprint density at radius 3 is 2.37 bits per heavy atom. The Morgan fingerprint density at radius 1 is 1.07 bits per heavy atom. The highest BCUT2D eigenvalue weighted by molar-refractivity contribution is 5.80. The van der Waals surface area contributed by atoms with Gasteiger partial charge < -0.3 is 10.1 Å². The fraction of sp³-hybridized carbons (Fsp3) is 0.333. The molecule has 0 aliphatic rings. The van der Waals surface area contributed by atoms with Crippen LogP contribution >= 0.6 is 0 Å². The highest BCUT2D eigenvalue weighted by Gasteiger charge is 2.46. The number of nitrogens with one attached hydrogen (secondary N) is 1. The lowest BCUT2D eigenvalue weighted by Crippen LogP contribution is -2.47. The van der Waals surface area contributed by atoms with Crippen LogP contribution in [0.15, 0.2) is 54.6 Å². The van der Waals surface area contributed by atoms with E-state index in [-0.39, 0.29) is 5.56 Å². The predicted octanol–water partition coefficient (Wildman–Crippen LogP) is 5.16. The Morgan fingerprint density at radius 2 is 1.74 bits per heavy atom. The molecule has 2 nitrogen and oxygen atoms in total. The minimum absolute atomic E-state index is 0.0248. The van der Waals surface area contributed by atoms with Gasteiger partial charge in [0.05, 0.1) is 6.67 Å². The maximum atomic E-state index is 14.2. The first-order valence-electron chi connectivity index (χ1n) is 8.65. The molecule has 0 aliphatic carbocycles. The maximum Gasteiger partial charge on any atom is 0.267 e. The van der Waals surface area contributed by atoms with E-state index < -0.39 is 42.8 Å². The lowest BCUT2D eigenvalue weighted by molar-refractivity contribution is -0.113. The van der Waals surface area contributed by atoms with E-state index in [1.807, 2.05) is 12.1 Å². The number of hydrogen-bond donors (Lipinski definition) is 2. The highest BCUT2D eigenvalue weighted by atomic mass is 19.3. The van der Waals surface area contributed by atoms with Crippen molar-refractivity contribution < 1.29 is 22.7 Å². The molecule has 0 saturated carbocycles. The molecule has 0 spiro atoms. The topological polar surface area (TPSA) is 36.0 Å². The SMILES string of the molecule is CC(CF)(CC(O)(Cc1cc2ccccc2[nH]1)C(F)F)c1ccccc1F. The third-order valence-corrected chi connectivity index (χ3v) is 5.00. The van der Waals surface area contributed by atoms with E-state index >= 15 is 0 Å². The summed E-state index contributed by atoms with van der Waals surface area (Å²) >= 11 is 0. The van der Waals surface area contributed by atoms with Gasteiger partial charge >= 0.3 is 0 Å². The molecule has 0 radical (unpaired) electrons. The van der Waals surface area contributed by atoms with E-state index in [1.54, 1.807) is 18.2 Å². The summed E-state index contributed by atoms with van der Waals surface area (Å²) in [5.41, 5.74) is -2.95. The summed E-state index contributed by atoms with van der Waals surface area (Å²) in [7, 11) is 0. The Bertz CT molecular complexity index is 892. The molecule has 0 aliphatic heterocycles. The third kappa shape index (κ3) is 3.86. The smallest absolute Gasteiger partial charge is 0.267 e. The summed E-state index contributed by atoms with van der Waals surface area (Å²) in [6.07, 6.45) is -4.14. The summed E-state index contributed by atoms with van der Waals surface area (Å²) in [6, 6.07) is 14.4. The molecule has 6 heteroatoms. The van der Waals surface area contributed by atoms with E-state index in [4.69, 9.17) is 0 Å². The molecule has 2 unspecified atom stereocenters. The van der Waals surface area contributed by atoms with Crippen molar-refractivity contribution in [2.75, 3.05) is 6.67 Å². The third-order valence-electron chi connectivity index (χ3n) is 5.00. The lowest BCUT2D eigenvalue weighted by atomic mass is 9.73. The number of benzene rings is 2. The number of hydrogen-bond acceptors (Lipinski definition) is 1. The molecular weight excluding hydrogens is 358 g/mol. The second-order valence-corrected chi connectivity index (χ2v) is 7.31. The normalized spacial score (nSPS) is 16.4. The largest absolute Gasteiger partial charge is 0.383 e. The van der Waals surface area contributed by atoms with Crippen LogP contribution < -0.4 is 0 Å². The van der Waals surface area contributed by atoms with Crippen LogP contribution in [0.5, 0.6) is 0 Å². The Labute approximate surface area is 154 Å². The zero-order valence-electron chi connectivity index (χ0n) is 14.9. The highest BCUT2D eigenvalue weighted by Crippen LogP contribution is 2.39. The van der Waals surface area contributed by atoms with E-state index in [2.05, 4.69) is 4.98 Å². The van der Waals surface area contributed by atoms with Crippen LogP contribution in [0.1, 0.15) is 24.6 Å². The van der Waals surface area contributed by atoms with E-state index in [1.165, 1.54) is 25.1 Å². The zero-order chi connectivity index (χ0) is 19.7. The van der Waals surface area contributed by atoms with E-state index in [9.17, 15) is 22.7 Å². The molecule has 0 bridgehead atoms. The molecule has 144 valence electrons. The molecule has 0 fully saturated rings. The van der Waals surface area contributed by atoms with E-state index in [0.29, 0.717) is 5.69 Å². The molecule has 2 atom stereocenters. The van der Waals surface area contributed by atoms with Crippen LogP contribution in [-0.4, -0.2) is 28.8 Å². The number of H-pyrrole nitrogens is 1. The van der Waals surface area contributed by atoms with Crippen molar-refractivity contribution in [1.29, 1.82) is 0 Å². The molecule has 0 amide bonds. The van der Waals surface area contributed by atoms with Crippen molar-refractivity contribution in [3.8, 4) is 0 Å². The lowest BCUT2D eigenvalue weighted by Gasteiger charge is -2.37. The van der Waals surface area contributed by atoms with Crippen LogP contribution in [-0.2, 0) is 11.8 Å². The number of aromatic nitrogens is 1. The van der Waals surface area contributed by atoms with Crippen molar-refractivity contribution in [2.24, 2.45) is 0 Å². The fourth-order valence-electron chi connectivity index (χ4n) is 3.62. The second-order valence-electron chi connectivity index (χ2n) is 7.31. The Hall–Kier alpha value is -2.34. The first-order chi connectivity index (χ1) is 12.8. The minimum atomic E-state index is -3.12. The van der Waals surface area contributed by atoms with Gasteiger partial charge in [-0.1, -0.05) is 43.3 Å². The zero-order valence-corrected chi connectivity index (χ0v) is 14.9. The minimum Gasteiger partial charge on any atom is -0.383 e. The van der Waals surface area contributed by atoms with Gasteiger partial charge in [-0.25, -0.2) is 13.2 Å². The van der Waals surface area contributed by atoms with Gasteiger partial charge in [0, 0.05) is 23.0 Å². The average Bonchev–Trinajstić information content (AvgIpc) is 3.03. The number of fused-ring (bicyclic) bond motifs is 1. The molecule has 3 rings (SSSR count). The number of aliphatic hydroxyl groups is 1. The van der Waals surface area contributed by atoms with E-state index in [0.717, 1.165) is 17.0 Å². The number of para-hydroxylation sites is 1. The standard InChI is InChI=1S/C21H21F4NO/c1-20(13-22,16-7-3-4-8-17(16)23)12-21(27,19(24)25)11-15-10-14-6-2-5-9-18(14)26-15/h2-10,19,26-27H,11-13H2,1H3. The van der Waals surface area contributed by atoms with Gasteiger partial charge in [0.1, 0.15) is 11.4 Å². The number of alkyl halides is 3. The number of halogens is 4. The van der Waals surface area contributed by atoms with Gasteiger partial charge in [-0.3, -0.25) is 4.39 Å². The Kier molecular flexibility index (Phi) is 5.29. The van der Waals surface area contributed by atoms with Crippen LogP contribution in [0.25, 0.3) is 10.9 Å². The van der Waals surface area contributed by atoms with Gasteiger partial charge in [0.2, 0.25) is 0 Å². The number of rotatable bonds is 7. The first-order valence-corrected chi connectivity index (χ1v) is 8.65. The molecular formula is C21H21F4NO. The van der Waals surface area contributed by atoms with Gasteiger partial charge in [0.25, 0.3) is 6.43 Å².